The van der Waals surface area contributed by atoms with Crippen molar-refractivity contribution in [3.8, 4) is 0 Å². The van der Waals surface area contributed by atoms with Gasteiger partial charge in [-0.15, -0.1) is 6.58 Å². The molecule has 1 aliphatic heterocycles. The number of amides is 1. The van der Waals surface area contributed by atoms with Gasteiger partial charge < -0.3 is 15.1 Å². The highest BCUT2D eigenvalue weighted by Crippen LogP contribution is 2.33. The van der Waals surface area contributed by atoms with Crippen molar-refractivity contribution < 1.29 is 15.0 Å². The molecule has 0 saturated heterocycles. The molecule has 1 heterocycles. The minimum atomic E-state index is -1.09. The number of rotatable bonds is 7. The van der Waals surface area contributed by atoms with Crippen LogP contribution in [0, 0.1) is 5.92 Å². The first-order valence-electron chi connectivity index (χ1n) is 7.78. The van der Waals surface area contributed by atoms with E-state index in [0.717, 1.165) is 11.1 Å². The van der Waals surface area contributed by atoms with E-state index in [0.29, 0.717) is 19.4 Å². The van der Waals surface area contributed by atoms with E-state index in [2.05, 4.69) is 6.58 Å². The third-order valence-corrected chi connectivity index (χ3v) is 4.87. The fraction of sp³-hybridized carbons (Fsp3) is 0.500. The molecular weight excluding hydrogens is 278 g/mol. The van der Waals surface area contributed by atoms with E-state index in [4.69, 9.17) is 5.11 Å². The molecule has 1 aliphatic rings. The number of nitrogens with zero attached hydrogens (tertiary/aromatic N) is 1. The van der Waals surface area contributed by atoms with Crippen molar-refractivity contribution in [3.05, 3.63) is 48.0 Å². The van der Waals surface area contributed by atoms with Gasteiger partial charge in [0.25, 0.3) is 5.91 Å². The van der Waals surface area contributed by atoms with E-state index in [9.17, 15) is 9.90 Å². The Morgan fingerprint density at radius 3 is 2.73 bits per heavy atom. The van der Waals surface area contributed by atoms with Crippen LogP contribution in [0.4, 0.5) is 0 Å². The number of carbonyl (C=O) groups is 1. The Morgan fingerprint density at radius 1 is 1.45 bits per heavy atom. The van der Waals surface area contributed by atoms with Gasteiger partial charge in [0.1, 0.15) is 0 Å². The topological polar surface area (TPSA) is 60.8 Å². The van der Waals surface area contributed by atoms with Gasteiger partial charge in [0.05, 0.1) is 11.6 Å². The summed E-state index contributed by atoms with van der Waals surface area (Å²) in [7, 11) is 0. The fourth-order valence-corrected chi connectivity index (χ4v) is 3.17. The van der Waals surface area contributed by atoms with E-state index < -0.39 is 5.60 Å². The second-order valence-electron chi connectivity index (χ2n) is 6.20. The van der Waals surface area contributed by atoms with E-state index >= 15 is 0 Å². The summed E-state index contributed by atoms with van der Waals surface area (Å²) in [6.45, 7) is 8.03. The van der Waals surface area contributed by atoms with Crippen molar-refractivity contribution in [1.82, 2.24) is 4.90 Å². The molecule has 0 unspecified atom stereocenters. The van der Waals surface area contributed by atoms with E-state index in [1.54, 1.807) is 17.9 Å². The number of carbonyl (C=O) groups excluding carboxylic acids is 1. The lowest BCUT2D eigenvalue weighted by molar-refractivity contribution is -0.0519. The quantitative estimate of drug-likeness (QED) is 0.760. The van der Waals surface area contributed by atoms with E-state index in [1.807, 2.05) is 31.2 Å². The molecule has 0 aliphatic carbocycles. The molecule has 22 heavy (non-hydrogen) atoms. The Bertz CT molecular complexity index is 553. The first kappa shape index (κ1) is 16.7. The Labute approximate surface area is 132 Å². The summed E-state index contributed by atoms with van der Waals surface area (Å²) in [5.74, 6) is -0.209. The third kappa shape index (κ3) is 2.94. The second kappa shape index (κ2) is 6.63. The summed E-state index contributed by atoms with van der Waals surface area (Å²) in [5.41, 5.74) is 0.630. The Balaban J connectivity index is 2.19. The molecule has 4 nitrogen and oxygen atoms in total. The monoisotopic (exact) mass is 303 g/mol. The van der Waals surface area contributed by atoms with Gasteiger partial charge >= 0.3 is 0 Å². The Morgan fingerprint density at radius 2 is 2.14 bits per heavy atom. The first-order chi connectivity index (χ1) is 10.4. The highest BCUT2D eigenvalue weighted by atomic mass is 16.3. The number of hydrogen-bond acceptors (Lipinski definition) is 3. The van der Waals surface area contributed by atoms with Crippen LogP contribution in [0.15, 0.2) is 36.9 Å². The van der Waals surface area contributed by atoms with Crippen molar-refractivity contribution >= 4 is 5.91 Å². The third-order valence-electron chi connectivity index (χ3n) is 4.87. The molecule has 120 valence electrons. The number of fused-ring (bicyclic) bond motifs is 1. The summed E-state index contributed by atoms with van der Waals surface area (Å²) in [6, 6.07) is 7.22. The molecule has 1 aromatic rings. The second-order valence-corrected chi connectivity index (χ2v) is 6.20. The molecule has 0 spiro atoms. The van der Waals surface area contributed by atoms with Gasteiger partial charge in [-0.1, -0.05) is 24.3 Å². The Kier molecular flexibility index (Phi) is 5.04. The zero-order valence-electron chi connectivity index (χ0n) is 13.3. The van der Waals surface area contributed by atoms with E-state index in [-0.39, 0.29) is 24.5 Å². The molecule has 4 heteroatoms. The highest BCUT2D eigenvalue weighted by molar-refractivity contribution is 5.98. The summed E-state index contributed by atoms with van der Waals surface area (Å²) >= 11 is 0. The SMILES string of the molecule is C=C[C@@H](CCCO)[C@@](C)(O)[C@H](C)N1Cc2ccccc2C1=O. The number of aliphatic hydroxyl groups excluding tert-OH is 1. The highest BCUT2D eigenvalue weighted by Gasteiger charge is 2.42. The summed E-state index contributed by atoms with van der Waals surface area (Å²) in [5, 5.41) is 20.0. The smallest absolute Gasteiger partial charge is 0.254 e. The van der Waals surface area contributed by atoms with Gasteiger partial charge in [0.2, 0.25) is 0 Å². The molecule has 1 amide bonds. The van der Waals surface area contributed by atoms with Gasteiger partial charge in [-0.2, -0.15) is 0 Å². The van der Waals surface area contributed by atoms with Gasteiger partial charge in [0, 0.05) is 24.6 Å². The molecule has 1 aromatic carbocycles. The zero-order chi connectivity index (χ0) is 16.3. The molecule has 2 N–H and O–H groups in total. The number of benzene rings is 1. The van der Waals surface area contributed by atoms with Crippen LogP contribution in [0.25, 0.3) is 0 Å². The van der Waals surface area contributed by atoms with Gasteiger partial charge in [-0.05, 0) is 38.3 Å². The number of aliphatic hydroxyl groups is 2. The molecule has 2 rings (SSSR count). The maximum atomic E-state index is 12.6. The lowest BCUT2D eigenvalue weighted by Crippen LogP contribution is -2.53. The van der Waals surface area contributed by atoms with Crippen LogP contribution < -0.4 is 0 Å². The van der Waals surface area contributed by atoms with Gasteiger partial charge in [-0.25, -0.2) is 0 Å². The number of hydrogen-bond donors (Lipinski definition) is 2. The maximum Gasteiger partial charge on any atom is 0.254 e. The summed E-state index contributed by atoms with van der Waals surface area (Å²) in [4.78, 5) is 14.3. The van der Waals surface area contributed by atoms with E-state index in [1.165, 1.54) is 0 Å². The van der Waals surface area contributed by atoms with Gasteiger partial charge in [0.15, 0.2) is 0 Å². The summed E-state index contributed by atoms with van der Waals surface area (Å²) in [6.07, 6.45) is 2.97. The van der Waals surface area contributed by atoms with Crippen molar-refractivity contribution in [1.29, 1.82) is 0 Å². The van der Waals surface area contributed by atoms with Gasteiger partial charge in [-0.3, -0.25) is 4.79 Å². The minimum absolute atomic E-state index is 0.0339. The standard InChI is InChI=1S/C18H25NO3/c1-4-15(9-7-11-20)18(3,22)13(2)19-12-14-8-5-6-10-16(14)17(19)21/h4-6,8,10,13,15,20,22H,1,7,9,11-12H2,2-3H3/t13-,15-,18-/m0/s1. The Hall–Kier alpha value is -1.65. The average Bonchev–Trinajstić information content (AvgIpc) is 2.84. The van der Waals surface area contributed by atoms with Crippen LogP contribution in [-0.2, 0) is 6.54 Å². The molecule has 0 fully saturated rings. The molecule has 0 bridgehead atoms. The van der Waals surface area contributed by atoms with Crippen molar-refractivity contribution in [2.75, 3.05) is 6.61 Å². The molecule has 0 saturated carbocycles. The fourth-order valence-electron chi connectivity index (χ4n) is 3.17. The maximum absolute atomic E-state index is 12.6. The predicted octanol–water partition coefficient (Wildman–Crippen LogP) is 2.36. The normalized spacial score (nSPS) is 19.5. The lowest BCUT2D eigenvalue weighted by Gasteiger charge is -2.41. The summed E-state index contributed by atoms with van der Waals surface area (Å²) < 4.78 is 0. The average molecular weight is 303 g/mol. The van der Waals surface area contributed by atoms with Crippen LogP contribution in [0.5, 0.6) is 0 Å². The largest absolute Gasteiger partial charge is 0.396 e. The lowest BCUT2D eigenvalue weighted by atomic mass is 9.80. The van der Waals surface area contributed by atoms with Crippen LogP contribution >= 0.6 is 0 Å². The molecular formula is C18H25NO3. The molecule has 0 aromatic heterocycles. The van der Waals surface area contributed by atoms with Crippen LogP contribution in [0.1, 0.15) is 42.6 Å². The van der Waals surface area contributed by atoms with Crippen LogP contribution in [0.2, 0.25) is 0 Å². The van der Waals surface area contributed by atoms with Crippen LogP contribution in [-0.4, -0.2) is 39.3 Å². The van der Waals surface area contributed by atoms with Crippen molar-refractivity contribution in [3.63, 3.8) is 0 Å². The predicted molar refractivity (Wildman–Crippen MR) is 86.4 cm³/mol. The van der Waals surface area contributed by atoms with Crippen molar-refractivity contribution in [2.24, 2.45) is 5.92 Å². The first-order valence-corrected chi connectivity index (χ1v) is 7.78. The van der Waals surface area contributed by atoms with Crippen LogP contribution in [0.3, 0.4) is 0 Å². The van der Waals surface area contributed by atoms with Crippen molar-refractivity contribution in [2.45, 2.75) is 44.9 Å². The minimum Gasteiger partial charge on any atom is -0.396 e. The molecule has 3 atom stereocenters. The molecule has 0 radical (unpaired) electrons. The zero-order valence-corrected chi connectivity index (χ0v) is 13.3.